The summed E-state index contributed by atoms with van der Waals surface area (Å²) in [5.41, 5.74) is 2.39. The van der Waals surface area contributed by atoms with Crippen LogP contribution in [0, 0.1) is 0 Å². The molecule has 2 aromatic rings. The molecule has 0 saturated heterocycles. The lowest BCUT2D eigenvalue weighted by Gasteiger charge is -2.24. The van der Waals surface area contributed by atoms with Crippen molar-refractivity contribution in [3.05, 3.63) is 30.1 Å². The van der Waals surface area contributed by atoms with Crippen LogP contribution in [0.3, 0.4) is 0 Å². The fourth-order valence-corrected chi connectivity index (χ4v) is 3.24. The molecule has 0 aromatic carbocycles. The lowest BCUT2D eigenvalue weighted by Crippen LogP contribution is -2.23. The maximum atomic E-state index is 4.84. The molecule has 2 aliphatic rings. The molecular weight excluding hydrogens is 234 g/mol. The number of rotatable bonds is 3. The molecule has 1 N–H and O–H groups in total. The number of fused-ring (bicyclic) bond motifs is 1. The molecule has 3 nitrogen and oxygen atoms in total. The van der Waals surface area contributed by atoms with Crippen molar-refractivity contribution in [2.45, 2.75) is 56.9 Å². The smallest absolute Gasteiger partial charge is 0.138 e. The van der Waals surface area contributed by atoms with Gasteiger partial charge in [0, 0.05) is 18.2 Å². The summed E-state index contributed by atoms with van der Waals surface area (Å²) in [6.07, 6.45) is 11.5. The minimum absolute atomic E-state index is 0.645. The van der Waals surface area contributed by atoms with E-state index in [1.54, 1.807) is 0 Å². The number of anilines is 1. The van der Waals surface area contributed by atoms with Crippen LogP contribution in [-0.4, -0.2) is 15.4 Å². The molecule has 0 unspecified atom stereocenters. The molecule has 100 valence electrons. The monoisotopic (exact) mass is 255 g/mol. The van der Waals surface area contributed by atoms with Gasteiger partial charge in [0.2, 0.25) is 0 Å². The summed E-state index contributed by atoms with van der Waals surface area (Å²) >= 11 is 0. The van der Waals surface area contributed by atoms with Gasteiger partial charge in [0.1, 0.15) is 11.5 Å². The molecule has 2 heterocycles. The quantitative estimate of drug-likeness (QED) is 0.899. The second-order valence-corrected chi connectivity index (χ2v) is 6.03. The van der Waals surface area contributed by atoms with Crippen LogP contribution in [0.4, 0.5) is 5.82 Å². The average Bonchev–Trinajstić information content (AvgIpc) is 3.24. The average molecular weight is 255 g/mol. The van der Waals surface area contributed by atoms with Gasteiger partial charge < -0.3 is 5.32 Å². The highest BCUT2D eigenvalue weighted by Crippen LogP contribution is 2.43. The van der Waals surface area contributed by atoms with Crippen molar-refractivity contribution < 1.29 is 0 Å². The molecule has 3 heteroatoms. The number of pyridine rings is 1. The van der Waals surface area contributed by atoms with Gasteiger partial charge in [0.25, 0.3) is 0 Å². The van der Waals surface area contributed by atoms with Crippen molar-refractivity contribution in [3.8, 4) is 0 Å². The number of nitrogens with zero attached hydrogens (tertiary/aromatic N) is 2. The van der Waals surface area contributed by atoms with Gasteiger partial charge in [-0.15, -0.1) is 0 Å². The van der Waals surface area contributed by atoms with E-state index >= 15 is 0 Å². The molecule has 0 radical (unpaired) electrons. The van der Waals surface area contributed by atoms with Gasteiger partial charge in [-0.25, -0.2) is 4.98 Å². The van der Waals surface area contributed by atoms with Crippen LogP contribution in [0.25, 0.3) is 5.65 Å². The van der Waals surface area contributed by atoms with E-state index in [2.05, 4.69) is 34.1 Å². The van der Waals surface area contributed by atoms with E-state index in [0.717, 1.165) is 5.65 Å². The number of aromatic nitrogens is 2. The summed E-state index contributed by atoms with van der Waals surface area (Å²) < 4.78 is 2.24. The van der Waals surface area contributed by atoms with Crippen LogP contribution in [0.5, 0.6) is 0 Å². The molecule has 0 spiro atoms. The molecule has 0 aliphatic heterocycles. The molecule has 0 bridgehead atoms. The Labute approximate surface area is 114 Å². The fraction of sp³-hybridized carbons (Fsp3) is 0.562. The Balaban J connectivity index is 1.71. The van der Waals surface area contributed by atoms with Crippen LogP contribution in [-0.2, 0) is 0 Å². The first-order chi connectivity index (χ1) is 9.42. The standard InChI is InChI=1S/C16H21N3/c1-2-6-13(7-3-1)17-16-15(12-9-10-12)18-14-8-4-5-11-19(14)16/h4-5,8,11-13,17H,1-3,6-7,9-10H2. The van der Waals surface area contributed by atoms with Gasteiger partial charge in [0.15, 0.2) is 0 Å². The van der Waals surface area contributed by atoms with Crippen molar-refractivity contribution in [2.75, 3.05) is 5.32 Å². The Morgan fingerprint density at radius 3 is 2.68 bits per heavy atom. The molecule has 4 rings (SSSR count). The maximum Gasteiger partial charge on any atom is 0.138 e. The van der Waals surface area contributed by atoms with E-state index < -0.39 is 0 Å². The van der Waals surface area contributed by atoms with E-state index in [0.29, 0.717) is 12.0 Å². The third-order valence-electron chi connectivity index (χ3n) is 4.47. The second kappa shape index (κ2) is 4.55. The summed E-state index contributed by atoms with van der Waals surface area (Å²) in [6.45, 7) is 0. The van der Waals surface area contributed by atoms with Crippen LogP contribution < -0.4 is 5.32 Å². The Morgan fingerprint density at radius 1 is 1.05 bits per heavy atom. The van der Waals surface area contributed by atoms with Crippen molar-refractivity contribution >= 4 is 11.5 Å². The molecule has 2 fully saturated rings. The van der Waals surface area contributed by atoms with Gasteiger partial charge in [-0.2, -0.15) is 0 Å². The van der Waals surface area contributed by atoms with Crippen molar-refractivity contribution in [1.82, 2.24) is 9.38 Å². The second-order valence-electron chi connectivity index (χ2n) is 6.03. The lowest BCUT2D eigenvalue weighted by atomic mass is 9.95. The predicted molar refractivity (Wildman–Crippen MR) is 77.7 cm³/mol. The number of hydrogen-bond acceptors (Lipinski definition) is 2. The van der Waals surface area contributed by atoms with Crippen LogP contribution in [0.15, 0.2) is 24.4 Å². The van der Waals surface area contributed by atoms with E-state index in [1.807, 2.05) is 0 Å². The summed E-state index contributed by atoms with van der Waals surface area (Å²) in [5.74, 6) is 1.97. The minimum atomic E-state index is 0.645. The topological polar surface area (TPSA) is 29.3 Å². The van der Waals surface area contributed by atoms with E-state index in [1.165, 1.54) is 56.5 Å². The Hall–Kier alpha value is -1.51. The van der Waals surface area contributed by atoms with Crippen molar-refractivity contribution in [3.63, 3.8) is 0 Å². The Bertz CT molecular complexity index is 577. The van der Waals surface area contributed by atoms with Crippen molar-refractivity contribution in [1.29, 1.82) is 0 Å². The van der Waals surface area contributed by atoms with Crippen LogP contribution in [0.1, 0.15) is 56.6 Å². The molecular formula is C16H21N3. The van der Waals surface area contributed by atoms with Gasteiger partial charge in [-0.05, 0) is 37.8 Å². The third kappa shape index (κ3) is 2.11. The number of hydrogen-bond donors (Lipinski definition) is 1. The van der Waals surface area contributed by atoms with Gasteiger partial charge in [-0.3, -0.25) is 4.40 Å². The van der Waals surface area contributed by atoms with Gasteiger partial charge in [-0.1, -0.05) is 25.3 Å². The zero-order chi connectivity index (χ0) is 12.7. The highest BCUT2D eigenvalue weighted by atomic mass is 15.1. The molecule has 2 aliphatic carbocycles. The first-order valence-corrected chi connectivity index (χ1v) is 7.65. The molecule has 19 heavy (non-hydrogen) atoms. The summed E-state index contributed by atoms with van der Waals surface area (Å²) in [4.78, 5) is 4.84. The van der Waals surface area contributed by atoms with E-state index in [9.17, 15) is 0 Å². The largest absolute Gasteiger partial charge is 0.367 e. The molecule has 2 aromatic heterocycles. The lowest BCUT2D eigenvalue weighted by molar-refractivity contribution is 0.461. The van der Waals surface area contributed by atoms with E-state index in [4.69, 9.17) is 4.98 Å². The predicted octanol–water partition coefficient (Wildman–Crippen LogP) is 3.96. The Morgan fingerprint density at radius 2 is 1.89 bits per heavy atom. The third-order valence-corrected chi connectivity index (χ3v) is 4.47. The SMILES string of the molecule is c1ccn2c(NC3CCCCC3)c(C3CC3)nc2c1. The zero-order valence-corrected chi connectivity index (χ0v) is 11.3. The normalized spacial score (nSPS) is 20.8. The summed E-state index contributed by atoms with van der Waals surface area (Å²) in [5, 5.41) is 3.79. The maximum absolute atomic E-state index is 4.84. The first kappa shape index (κ1) is 11.3. The fourth-order valence-electron chi connectivity index (χ4n) is 3.24. The molecule has 0 atom stereocenters. The zero-order valence-electron chi connectivity index (χ0n) is 11.3. The molecule has 0 amide bonds. The van der Waals surface area contributed by atoms with E-state index in [-0.39, 0.29) is 0 Å². The number of imidazole rings is 1. The highest BCUT2D eigenvalue weighted by Gasteiger charge is 2.31. The van der Waals surface area contributed by atoms with Crippen LogP contribution >= 0.6 is 0 Å². The highest BCUT2D eigenvalue weighted by molar-refractivity contribution is 5.57. The summed E-state index contributed by atoms with van der Waals surface area (Å²) in [6, 6.07) is 6.92. The van der Waals surface area contributed by atoms with Gasteiger partial charge >= 0.3 is 0 Å². The van der Waals surface area contributed by atoms with Gasteiger partial charge in [0.05, 0.1) is 5.69 Å². The molecule has 2 saturated carbocycles. The Kier molecular flexibility index (Phi) is 2.71. The van der Waals surface area contributed by atoms with Crippen molar-refractivity contribution in [2.24, 2.45) is 0 Å². The summed E-state index contributed by atoms with van der Waals surface area (Å²) in [7, 11) is 0. The number of nitrogens with one attached hydrogen (secondary N) is 1. The first-order valence-electron chi connectivity index (χ1n) is 7.65. The minimum Gasteiger partial charge on any atom is -0.367 e. The van der Waals surface area contributed by atoms with Crippen LogP contribution in [0.2, 0.25) is 0 Å².